The second-order valence-corrected chi connectivity index (χ2v) is 9.20. The topological polar surface area (TPSA) is 107 Å². The van der Waals surface area contributed by atoms with Gasteiger partial charge in [-0.2, -0.15) is 13.2 Å². The summed E-state index contributed by atoms with van der Waals surface area (Å²) < 4.78 is 92.3. The maximum atomic E-state index is 13.1. The van der Waals surface area contributed by atoms with Gasteiger partial charge < -0.3 is 4.42 Å². The lowest BCUT2D eigenvalue weighted by molar-refractivity contribution is -0.0435. The summed E-state index contributed by atoms with van der Waals surface area (Å²) in [5.74, 6) is 0. The fourth-order valence-corrected chi connectivity index (χ4v) is 4.36. The minimum absolute atomic E-state index is 0.00754. The van der Waals surface area contributed by atoms with Crippen LogP contribution in [0.3, 0.4) is 0 Å². The van der Waals surface area contributed by atoms with Gasteiger partial charge in [-0.15, -0.1) is 0 Å². The summed E-state index contributed by atoms with van der Waals surface area (Å²) in [4.78, 5) is -1.17. The minimum Gasteiger partial charge on any atom is -0.443 e. The average Bonchev–Trinajstić information content (AvgIpc) is 2.93. The van der Waals surface area contributed by atoms with Gasteiger partial charge in [0.05, 0.1) is 10.5 Å². The van der Waals surface area contributed by atoms with Crippen molar-refractivity contribution < 1.29 is 34.4 Å². The lowest BCUT2D eigenvalue weighted by atomic mass is 10.0. The monoisotopic (exact) mass is 439 g/mol. The summed E-state index contributed by atoms with van der Waals surface area (Å²) in [5, 5.41) is 4.19. The number of furan rings is 1. The molecule has 0 saturated carbocycles. The number of sulfone groups is 1. The zero-order valence-electron chi connectivity index (χ0n) is 13.0. The molecule has 0 amide bonds. The quantitative estimate of drug-likeness (QED) is 0.669. The normalized spacial score (nSPS) is 13.2. The molecule has 6 nitrogen and oxygen atoms in total. The first-order valence-electron chi connectivity index (χ1n) is 6.99. The Morgan fingerprint density at radius 3 is 2.22 bits per heavy atom. The molecular weight excluding hydrogens is 431 g/mol. The summed E-state index contributed by atoms with van der Waals surface area (Å²) in [6, 6.07) is 8.18. The van der Waals surface area contributed by atoms with Crippen LogP contribution in [0.4, 0.5) is 13.2 Å². The van der Waals surface area contributed by atoms with Gasteiger partial charge in [-0.25, -0.2) is 22.0 Å². The van der Waals surface area contributed by atoms with Crippen LogP contribution in [0.25, 0.3) is 22.1 Å². The highest BCUT2D eigenvalue weighted by atomic mass is 35.5. The molecule has 0 aliphatic heterocycles. The maximum absolute atomic E-state index is 13.1. The molecule has 27 heavy (non-hydrogen) atoms. The Morgan fingerprint density at radius 1 is 1.00 bits per heavy atom. The highest BCUT2D eigenvalue weighted by Gasteiger charge is 2.48. The van der Waals surface area contributed by atoms with Crippen LogP contribution in [0, 0.1) is 0 Å². The van der Waals surface area contributed by atoms with E-state index in [0.29, 0.717) is 6.07 Å². The second kappa shape index (κ2) is 6.23. The minimum atomic E-state index is -5.82. The Kier molecular flexibility index (Phi) is 4.54. The molecule has 1 heterocycles. The van der Waals surface area contributed by atoms with E-state index in [-0.39, 0.29) is 16.0 Å². The van der Waals surface area contributed by atoms with E-state index in [1.54, 1.807) is 0 Å². The van der Waals surface area contributed by atoms with Crippen molar-refractivity contribution in [3.05, 3.63) is 47.5 Å². The molecule has 2 N–H and O–H groups in total. The number of alkyl halides is 3. The number of para-hydroxylation sites is 1. The Labute approximate surface area is 156 Å². The van der Waals surface area contributed by atoms with Crippen LogP contribution in [0.5, 0.6) is 0 Å². The number of primary sulfonamides is 1. The third kappa shape index (κ3) is 3.31. The van der Waals surface area contributed by atoms with Gasteiger partial charge >= 0.3 is 5.51 Å². The molecule has 12 heteroatoms. The molecule has 0 atom stereocenters. The first-order valence-corrected chi connectivity index (χ1v) is 10.4. The molecule has 0 bridgehead atoms. The van der Waals surface area contributed by atoms with E-state index >= 15 is 0 Å². The van der Waals surface area contributed by atoms with Gasteiger partial charge in [0.15, 0.2) is 0 Å². The number of fused-ring (bicyclic) bond motifs is 1. The predicted molar refractivity (Wildman–Crippen MR) is 91.3 cm³/mol. The molecule has 0 unspecified atom stereocenters. The van der Waals surface area contributed by atoms with Crippen molar-refractivity contribution in [3.63, 3.8) is 0 Å². The van der Waals surface area contributed by atoms with Crippen LogP contribution in [0.15, 0.2) is 56.9 Å². The Morgan fingerprint density at radius 2 is 1.63 bits per heavy atom. The Balaban J connectivity index is 2.52. The zero-order chi connectivity index (χ0) is 20.2. The largest absolute Gasteiger partial charge is 0.501 e. The summed E-state index contributed by atoms with van der Waals surface area (Å²) in [5.41, 5.74) is -6.63. The van der Waals surface area contributed by atoms with Gasteiger partial charge in [0.25, 0.3) is 19.9 Å². The van der Waals surface area contributed by atoms with Crippen LogP contribution in [-0.2, 0) is 19.9 Å². The third-order valence-corrected chi connectivity index (χ3v) is 6.21. The van der Waals surface area contributed by atoms with Gasteiger partial charge in [0.2, 0.25) is 5.09 Å². The molecule has 0 radical (unpaired) electrons. The van der Waals surface area contributed by atoms with Crippen molar-refractivity contribution in [3.8, 4) is 11.1 Å². The van der Waals surface area contributed by atoms with E-state index in [1.165, 1.54) is 24.3 Å². The van der Waals surface area contributed by atoms with Crippen LogP contribution in [0.1, 0.15) is 0 Å². The van der Waals surface area contributed by atoms with Crippen LogP contribution in [0.2, 0.25) is 5.02 Å². The summed E-state index contributed by atoms with van der Waals surface area (Å²) in [6.07, 6.45) is 0. The molecular formula is C15H9ClF3NO5S2. The van der Waals surface area contributed by atoms with Crippen LogP contribution in [-0.4, -0.2) is 22.3 Å². The van der Waals surface area contributed by atoms with Gasteiger partial charge in [-0.1, -0.05) is 29.8 Å². The zero-order valence-corrected chi connectivity index (χ0v) is 15.4. The summed E-state index contributed by atoms with van der Waals surface area (Å²) in [7, 11) is -10.4. The molecule has 2 aromatic carbocycles. The molecule has 0 fully saturated rings. The molecule has 3 rings (SSSR count). The van der Waals surface area contributed by atoms with Crippen molar-refractivity contribution in [2.75, 3.05) is 0 Å². The number of sulfonamides is 1. The van der Waals surface area contributed by atoms with Crippen molar-refractivity contribution >= 4 is 42.4 Å². The smallest absolute Gasteiger partial charge is 0.443 e. The molecule has 1 aromatic heterocycles. The number of benzene rings is 2. The lowest BCUT2D eigenvalue weighted by Crippen LogP contribution is -2.24. The van der Waals surface area contributed by atoms with E-state index < -0.39 is 46.5 Å². The summed E-state index contributed by atoms with van der Waals surface area (Å²) in [6.45, 7) is 0. The molecule has 0 saturated heterocycles. The number of rotatable bonds is 3. The first kappa shape index (κ1) is 19.7. The summed E-state index contributed by atoms with van der Waals surface area (Å²) >= 11 is 5.83. The molecule has 144 valence electrons. The van der Waals surface area contributed by atoms with Gasteiger partial charge in [0, 0.05) is 16.0 Å². The maximum Gasteiger partial charge on any atom is 0.501 e. The SMILES string of the molecule is NS(=O)(=O)c1oc2ccccc2c1-c1cc(Cl)ccc1S(=O)(=O)C(F)(F)F. The fraction of sp³-hybridized carbons (Fsp3) is 0.0667. The van der Waals surface area contributed by atoms with Crippen LogP contribution >= 0.6 is 11.6 Å². The molecule has 0 aliphatic rings. The predicted octanol–water partition coefficient (Wildman–Crippen LogP) is 3.69. The first-order chi connectivity index (χ1) is 12.3. The molecule has 3 aromatic rings. The standard InChI is InChI=1S/C15H9ClF3NO5S2/c16-8-5-6-12(26(21,22)15(17,18)19)10(7-8)13-9-3-1-2-4-11(9)25-14(13)27(20,23)24/h1-7H,(H2,20,23,24). The van der Waals surface area contributed by atoms with E-state index in [9.17, 15) is 30.0 Å². The van der Waals surface area contributed by atoms with Gasteiger partial charge in [-0.05, 0) is 24.3 Å². The van der Waals surface area contributed by atoms with E-state index in [1.807, 2.05) is 0 Å². The number of halogens is 4. The second-order valence-electron chi connectivity index (χ2n) is 5.40. The van der Waals surface area contributed by atoms with Gasteiger partial charge in [0.1, 0.15) is 5.58 Å². The highest BCUT2D eigenvalue weighted by Crippen LogP contribution is 2.43. The van der Waals surface area contributed by atoms with E-state index in [2.05, 4.69) is 0 Å². The van der Waals surface area contributed by atoms with E-state index in [0.717, 1.165) is 12.1 Å². The molecule has 0 aliphatic carbocycles. The van der Waals surface area contributed by atoms with Crippen molar-refractivity contribution in [2.24, 2.45) is 5.14 Å². The Bertz CT molecular complexity index is 1260. The van der Waals surface area contributed by atoms with Gasteiger partial charge in [-0.3, -0.25) is 0 Å². The number of hydrogen-bond donors (Lipinski definition) is 1. The number of hydrogen-bond acceptors (Lipinski definition) is 5. The molecule has 0 spiro atoms. The van der Waals surface area contributed by atoms with Crippen LogP contribution < -0.4 is 5.14 Å². The van der Waals surface area contributed by atoms with E-state index in [4.69, 9.17) is 21.2 Å². The van der Waals surface area contributed by atoms with Crippen molar-refractivity contribution in [2.45, 2.75) is 15.5 Å². The fourth-order valence-electron chi connectivity index (χ4n) is 2.53. The lowest BCUT2D eigenvalue weighted by Gasteiger charge is -2.13. The third-order valence-electron chi connectivity index (χ3n) is 3.63. The van der Waals surface area contributed by atoms with Crippen molar-refractivity contribution in [1.29, 1.82) is 0 Å². The Hall–Kier alpha value is -2.08. The number of nitrogens with two attached hydrogens (primary N) is 1. The van der Waals surface area contributed by atoms with Crippen molar-refractivity contribution in [1.82, 2.24) is 0 Å². The average molecular weight is 440 g/mol. The highest BCUT2D eigenvalue weighted by molar-refractivity contribution is 7.92.